The fourth-order valence-electron chi connectivity index (χ4n) is 6.74. The van der Waals surface area contributed by atoms with Crippen molar-refractivity contribution in [3.8, 4) is 11.8 Å². The number of piperazine rings is 1. The van der Waals surface area contributed by atoms with Crippen LogP contribution in [0.2, 0.25) is 5.02 Å². The number of aromatic nitrogens is 4. The first kappa shape index (κ1) is 30.0. The minimum Gasteiger partial charge on any atom is -0.352 e. The van der Waals surface area contributed by atoms with Crippen LogP contribution in [0.25, 0.3) is 16.6 Å². The van der Waals surface area contributed by atoms with Gasteiger partial charge in [-0.05, 0) is 55.6 Å². The maximum atomic E-state index is 15.5. The van der Waals surface area contributed by atoms with Crippen molar-refractivity contribution in [1.82, 2.24) is 29.5 Å². The van der Waals surface area contributed by atoms with E-state index < -0.39 is 11.4 Å². The van der Waals surface area contributed by atoms with Crippen molar-refractivity contribution < 1.29 is 9.18 Å². The molecule has 1 aliphatic carbocycles. The van der Waals surface area contributed by atoms with E-state index in [-0.39, 0.29) is 34.6 Å². The van der Waals surface area contributed by atoms with Gasteiger partial charge in [0.25, 0.3) is 5.56 Å². The summed E-state index contributed by atoms with van der Waals surface area (Å²) in [5, 5.41) is 14.3. The number of carbonyl (C=O) groups is 1. The topological polar surface area (TPSA) is 114 Å². The van der Waals surface area contributed by atoms with Crippen LogP contribution in [0.5, 0.6) is 0 Å². The number of hydrogen-bond donors (Lipinski definition) is 0. The highest BCUT2D eigenvalue weighted by molar-refractivity contribution is 6.31. The first-order chi connectivity index (χ1) is 21.3. The predicted octanol–water partition coefficient (Wildman–Crippen LogP) is 3.10. The van der Waals surface area contributed by atoms with Crippen molar-refractivity contribution in [3.63, 3.8) is 0 Å². The van der Waals surface area contributed by atoms with E-state index in [4.69, 9.17) is 21.6 Å². The zero-order valence-corrected chi connectivity index (χ0v) is 25.7. The number of fused-ring (bicyclic) bond motifs is 2. The van der Waals surface area contributed by atoms with Gasteiger partial charge in [-0.1, -0.05) is 32.0 Å². The number of likely N-dealkylation sites (N-methyl/N-ethyl adjacent to an activating group) is 1. The smallest absolute Gasteiger partial charge is 0.298 e. The molecule has 3 aliphatic rings. The van der Waals surface area contributed by atoms with Crippen molar-refractivity contribution in [2.24, 2.45) is 0 Å². The molecular formula is C31H35ClFN9O2. The van der Waals surface area contributed by atoms with Gasteiger partial charge in [-0.2, -0.15) is 20.0 Å². The predicted molar refractivity (Wildman–Crippen MR) is 167 cm³/mol. The van der Waals surface area contributed by atoms with Crippen LogP contribution in [0.4, 0.5) is 16.2 Å². The van der Waals surface area contributed by atoms with E-state index in [0.717, 1.165) is 41.7 Å². The third-order valence-corrected chi connectivity index (χ3v) is 9.40. The van der Waals surface area contributed by atoms with Crippen molar-refractivity contribution in [3.05, 3.63) is 57.2 Å². The van der Waals surface area contributed by atoms with Crippen LogP contribution in [-0.2, 0) is 17.6 Å². The number of carbonyl (C=O) groups excluding carboxylic acids is 1. The summed E-state index contributed by atoms with van der Waals surface area (Å²) in [7, 11) is 0. The Bertz CT molecular complexity index is 1730. The lowest BCUT2D eigenvalue weighted by Crippen LogP contribution is -2.60. The third kappa shape index (κ3) is 5.08. The molecule has 2 saturated heterocycles. The largest absolute Gasteiger partial charge is 0.352 e. The second-order valence-corrected chi connectivity index (χ2v) is 11.9. The van der Waals surface area contributed by atoms with E-state index in [1.54, 1.807) is 11.0 Å². The first-order valence-electron chi connectivity index (χ1n) is 15.1. The second-order valence-electron chi connectivity index (χ2n) is 11.5. The van der Waals surface area contributed by atoms with Gasteiger partial charge in [-0.3, -0.25) is 14.5 Å². The van der Waals surface area contributed by atoms with Gasteiger partial charge in [0.1, 0.15) is 17.0 Å². The van der Waals surface area contributed by atoms with Gasteiger partial charge in [0.15, 0.2) is 5.82 Å². The fourth-order valence-corrected chi connectivity index (χ4v) is 6.96. The van der Waals surface area contributed by atoms with E-state index in [1.165, 1.54) is 12.3 Å². The van der Waals surface area contributed by atoms with Crippen LogP contribution in [0, 0.1) is 17.1 Å². The molecule has 2 aromatic heterocycles. The quantitative estimate of drug-likeness (QED) is 0.351. The number of rotatable bonds is 8. The van der Waals surface area contributed by atoms with Gasteiger partial charge in [-0.25, -0.2) is 9.37 Å². The van der Waals surface area contributed by atoms with Crippen molar-refractivity contribution in [1.29, 1.82) is 5.26 Å². The molecule has 0 saturated carbocycles. The molecule has 230 valence electrons. The van der Waals surface area contributed by atoms with Crippen LogP contribution < -0.4 is 15.4 Å². The summed E-state index contributed by atoms with van der Waals surface area (Å²) >= 11 is 6.27. The van der Waals surface area contributed by atoms with E-state index in [9.17, 15) is 14.9 Å². The van der Waals surface area contributed by atoms with E-state index in [1.807, 2.05) is 9.80 Å². The Labute approximate surface area is 260 Å². The lowest BCUT2D eigenvalue weighted by atomic mass is 10.1. The summed E-state index contributed by atoms with van der Waals surface area (Å²) in [6, 6.07) is 3.78. The highest BCUT2D eigenvalue weighted by Crippen LogP contribution is 2.35. The van der Waals surface area contributed by atoms with Gasteiger partial charge in [0.2, 0.25) is 11.9 Å². The number of amides is 1. The maximum Gasteiger partial charge on any atom is 0.298 e. The highest BCUT2D eigenvalue weighted by Gasteiger charge is 2.35. The molecule has 0 radical (unpaired) electrons. The molecule has 1 unspecified atom stereocenters. The molecule has 2 fully saturated rings. The van der Waals surface area contributed by atoms with Gasteiger partial charge in [0, 0.05) is 38.8 Å². The van der Waals surface area contributed by atoms with E-state index in [0.29, 0.717) is 62.3 Å². The Morgan fingerprint density at radius 2 is 1.98 bits per heavy atom. The molecule has 3 aromatic rings. The Kier molecular flexibility index (Phi) is 8.26. The average Bonchev–Trinajstić information content (AvgIpc) is 3.47. The van der Waals surface area contributed by atoms with Crippen LogP contribution >= 0.6 is 11.6 Å². The molecule has 2 aliphatic heterocycles. The summed E-state index contributed by atoms with van der Waals surface area (Å²) in [5.74, 6) is -0.00724. The number of aryl methyl sites for hydroxylation is 1. The lowest BCUT2D eigenvalue weighted by molar-refractivity contribution is -0.128. The molecule has 0 N–H and O–H groups in total. The third-order valence-electron chi connectivity index (χ3n) is 9.13. The molecule has 0 bridgehead atoms. The molecule has 1 amide bonds. The number of hydrogen-bond acceptors (Lipinski definition) is 9. The number of nitrogens with zero attached hydrogens (tertiary/aromatic N) is 9. The molecular weight excluding hydrogens is 585 g/mol. The number of anilines is 2. The molecule has 4 heterocycles. The fraction of sp³-hybridized carbons (Fsp3) is 0.484. The van der Waals surface area contributed by atoms with Gasteiger partial charge >= 0.3 is 0 Å². The molecule has 44 heavy (non-hydrogen) atoms. The van der Waals surface area contributed by atoms with Gasteiger partial charge in [0.05, 0.1) is 35.1 Å². The summed E-state index contributed by atoms with van der Waals surface area (Å²) in [6.45, 7) is 12.3. The lowest BCUT2D eigenvalue weighted by Gasteiger charge is -2.45. The number of benzene rings is 1. The number of nitriles is 1. The minimum absolute atomic E-state index is 0.0444. The van der Waals surface area contributed by atoms with Gasteiger partial charge in [-0.15, -0.1) is 0 Å². The van der Waals surface area contributed by atoms with Crippen LogP contribution in [0.15, 0.2) is 29.7 Å². The first-order valence-corrected chi connectivity index (χ1v) is 15.5. The van der Waals surface area contributed by atoms with Gasteiger partial charge < -0.3 is 14.7 Å². The molecule has 1 atom stereocenters. The zero-order chi connectivity index (χ0) is 31.1. The Morgan fingerprint density at radius 1 is 1.20 bits per heavy atom. The summed E-state index contributed by atoms with van der Waals surface area (Å²) in [6.07, 6.45) is 5.12. The monoisotopic (exact) mass is 619 g/mol. The summed E-state index contributed by atoms with van der Waals surface area (Å²) < 4.78 is 16.6. The van der Waals surface area contributed by atoms with Crippen molar-refractivity contribution in [2.75, 3.05) is 55.6 Å². The minimum atomic E-state index is -0.678. The Hall–Kier alpha value is -4.08. The molecule has 13 heteroatoms. The Morgan fingerprint density at radius 3 is 2.68 bits per heavy atom. The second kappa shape index (κ2) is 12.1. The van der Waals surface area contributed by atoms with Crippen LogP contribution in [0.1, 0.15) is 37.8 Å². The van der Waals surface area contributed by atoms with E-state index in [2.05, 4.69) is 36.5 Å². The molecule has 0 spiro atoms. The SMILES string of the molecule is C=CC(=O)N1CCN(c2nc(N3CC(N(CC)CC)C3)nc3c(=O)n(-c4c(F)c(Cl)cc5c4CCC5)ncc23)CC1CC#N. The summed E-state index contributed by atoms with van der Waals surface area (Å²) in [5.41, 5.74) is 1.30. The molecule has 1 aromatic carbocycles. The average molecular weight is 620 g/mol. The van der Waals surface area contributed by atoms with Crippen molar-refractivity contribution >= 4 is 40.2 Å². The van der Waals surface area contributed by atoms with E-state index >= 15 is 4.39 Å². The Balaban J connectivity index is 1.47. The van der Waals surface area contributed by atoms with Crippen LogP contribution in [0.3, 0.4) is 0 Å². The molecule has 6 rings (SSSR count). The zero-order valence-electron chi connectivity index (χ0n) is 25.0. The summed E-state index contributed by atoms with van der Waals surface area (Å²) in [4.78, 5) is 44.4. The number of halogens is 2. The van der Waals surface area contributed by atoms with Crippen LogP contribution in [-0.4, -0.2) is 93.4 Å². The standard InChI is InChI=1S/C31H35ClFN9O2/c1-4-25(43)41-13-12-39(16-20(41)10-11-34)29-23-15-35-42(28-22-9-7-8-19(22)14-24(32)26(28)33)30(44)27(23)36-31(37-29)40-17-21(18-40)38(5-2)6-3/h4,14-15,20-21H,1,5-10,12-13,16-18H2,2-3H3. The van der Waals surface area contributed by atoms with Crippen molar-refractivity contribution in [2.45, 2.75) is 51.6 Å². The maximum absolute atomic E-state index is 15.5. The highest BCUT2D eigenvalue weighted by atomic mass is 35.5. The molecule has 11 nitrogen and oxygen atoms in total. The normalized spacial score (nSPS) is 18.5.